The lowest BCUT2D eigenvalue weighted by Crippen LogP contribution is -2.04. The van der Waals surface area contributed by atoms with Crippen LogP contribution >= 0.6 is 11.6 Å². The first-order valence-electron chi connectivity index (χ1n) is 2.21. The normalized spacial score (nSPS) is 35.4. The second kappa shape index (κ2) is 1.32. The molecular weight excluding hydrogens is 129 g/mol. The predicted molar refractivity (Wildman–Crippen MR) is 31.2 cm³/mol. The molecule has 1 atom stereocenters. The van der Waals surface area contributed by atoms with Crippen LogP contribution in [0.5, 0.6) is 0 Å². The summed E-state index contributed by atoms with van der Waals surface area (Å²) in [6.07, 6.45) is 0.902. The van der Waals surface area contributed by atoms with Crippen molar-refractivity contribution in [3.8, 4) is 0 Å². The molecule has 44 valence electrons. The van der Waals surface area contributed by atoms with E-state index in [1.165, 1.54) is 0 Å². The van der Waals surface area contributed by atoms with Gasteiger partial charge in [0.05, 0.1) is 0 Å². The largest absolute Gasteiger partial charge is 0.310 e. The molecule has 0 radical (unpaired) electrons. The minimum atomic E-state index is -1.11. The van der Waals surface area contributed by atoms with Crippen molar-refractivity contribution in [1.82, 2.24) is 0 Å². The summed E-state index contributed by atoms with van der Waals surface area (Å²) in [7, 11) is 0. The van der Waals surface area contributed by atoms with Crippen LogP contribution < -0.4 is 0 Å². The van der Waals surface area contributed by atoms with Gasteiger partial charge in [-0.15, -0.1) is 11.6 Å². The molecule has 1 nitrogen and oxygen atoms in total. The quantitative estimate of drug-likeness (QED) is 0.417. The van der Waals surface area contributed by atoms with Crippen molar-refractivity contribution in [2.45, 2.75) is 11.8 Å². The summed E-state index contributed by atoms with van der Waals surface area (Å²) in [6.45, 7) is 1.58. The molecule has 1 unspecified atom stereocenters. The third-order valence-electron chi connectivity index (χ3n) is 1.33. The molecule has 0 spiro atoms. The van der Waals surface area contributed by atoms with E-state index in [2.05, 4.69) is 0 Å². The number of rotatable bonds is 1. The van der Waals surface area contributed by atoms with E-state index < -0.39 is 4.87 Å². The van der Waals surface area contributed by atoms with E-state index >= 15 is 0 Å². The zero-order valence-electron chi connectivity index (χ0n) is 4.33. The van der Waals surface area contributed by atoms with Gasteiger partial charge in [-0.2, -0.15) is 0 Å². The first kappa shape index (κ1) is 5.76. The molecule has 1 N–H and O–H groups in total. The van der Waals surface area contributed by atoms with Crippen LogP contribution in [0.25, 0.3) is 0 Å². The Kier molecular flexibility index (Phi) is 0.949. The SMILES string of the molecule is CC1=C(F)C1(Cl)C=N. The maximum absolute atomic E-state index is 12.2. The zero-order chi connectivity index (χ0) is 6.36. The van der Waals surface area contributed by atoms with E-state index in [4.69, 9.17) is 17.0 Å². The monoisotopic (exact) mass is 133 g/mol. The number of hydrogen-bond donors (Lipinski definition) is 1. The molecule has 0 aromatic carbocycles. The van der Waals surface area contributed by atoms with Gasteiger partial charge in [0, 0.05) is 6.21 Å². The standard InChI is InChI=1S/C5H5ClFN/c1-3-4(7)5(3,6)2-8/h2,8H,1H3. The number of nitrogens with one attached hydrogen (secondary N) is 1. The van der Waals surface area contributed by atoms with Crippen molar-refractivity contribution < 1.29 is 4.39 Å². The molecule has 0 saturated carbocycles. The van der Waals surface area contributed by atoms with Gasteiger partial charge in [-0.3, -0.25) is 0 Å². The van der Waals surface area contributed by atoms with Crippen LogP contribution in [0.2, 0.25) is 0 Å². The highest BCUT2D eigenvalue weighted by Gasteiger charge is 2.49. The third kappa shape index (κ3) is 0.436. The van der Waals surface area contributed by atoms with E-state index in [0.717, 1.165) is 6.21 Å². The van der Waals surface area contributed by atoms with E-state index in [-0.39, 0.29) is 5.83 Å². The zero-order valence-corrected chi connectivity index (χ0v) is 5.09. The van der Waals surface area contributed by atoms with Crippen LogP contribution in [0.4, 0.5) is 4.39 Å². The topological polar surface area (TPSA) is 23.9 Å². The highest BCUT2D eigenvalue weighted by molar-refractivity contribution is 6.39. The summed E-state index contributed by atoms with van der Waals surface area (Å²) in [5.74, 6) is -0.367. The van der Waals surface area contributed by atoms with Crippen LogP contribution in [0.1, 0.15) is 6.92 Å². The Morgan fingerprint density at radius 3 is 2.25 bits per heavy atom. The van der Waals surface area contributed by atoms with Crippen LogP contribution in [-0.2, 0) is 0 Å². The first-order chi connectivity index (χ1) is 3.63. The van der Waals surface area contributed by atoms with Gasteiger partial charge in [0.15, 0.2) is 4.87 Å². The Bertz CT molecular complexity index is 161. The van der Waals surface area contributed by atoms with Crippen molar-refractivity contribution in [2.75, 3.05) is 0 Å². The second-order valence-corrected chi connectivity index (χ2v) is 2.39. The maximum Gasteiger partial charge on any atom is 0.154 e. The minimum Gasteiger partial charge on any atom is -0.310 e. The molecule has 0 amide bonds. The molecule has 0 bridgehead atoms. The molecule has 1 aliphatic rings. The highest BCUT2D eigenvalue weighted by Crippen LogP contribution is 2.48. The van der Waals surface area contributed by atoms with Gasteiger partial charge >= 0.3 is 0 Å². The van der Waals surface area contributed by atoms with Crippen molar-refractivity contribution in [3.63, 3.8) is 0 Å². The molecule has 0 aromatic rings. The summed E-state index contributed by atoms with van der Waals surface area (Å²) < 4.78 is 12.2. The smallest absolute Gasteiger partial charge is 0.154 e. The number of halogens is 2. The van der Waals surface area contributed by atoms with E-state index in [9.17, 15) is 4.39 Å². The Morgan fingerprint density at radius 2 is 2.25 bits per heavy atom. The van der Waals surface area contributed by atoms with Crippen LogP contribution in [0.3, 0.4) is 0 Å². The fraction of sp³-hybridized carbons (Fsp3) is 0.400. The molecule has 0 heterocycles. The summed E-state index contributed by atoms with van der Waals surface area (Å²) in [6, 6.07) is 0. The molecule has 1 rings (SSSR count). The van der Waals surface area contributed by atoms with Gasteiger partial charge < -0.3 is 5.41 Å². The van der Waals surface area contributed by atoms with Gasteiger partial charge in [0.25, 0.3) is 0 Å². The van der Waals surface area contributed by atoms with Crippen molar-refractivity contribution in [1.29, 1.82) is 5.41 Å². The van der Waals surface area contributed by atoms with E-state index in [0.29, 0.717) is 5.57 Å². The highest BCUT2D eigenvalue weighted by atomic mass is 35.5. The molecule has 3 heteroatoms. The molecule has 1 aliphatic carbocycles. The predicted octanol–water partition coefficient (Wildman–Crippen LogP) is 1.87. The van der Waals surface area contributed by atoms with Crippen molar-refractivity contribution in [2.24, 2.45) is 0 Å². The van der Waals surface area contributed by atoms with Crippen molar-refractivity contribution in [3.05, 3.63) is 11.4 Å². The van der Waals surface area contributed by atoms with Crippen molar-refractivity contribution >= 4 is 17.8 Å². The van der Waals surface area contributed by atoms with Crippen LogP contribution in [0.15, 0.2) is 11.4 Å². The Morgan fingerprint density at radius 1 is 1.88 bits per heavy atom. The second-order valence-electron chi connectivity index (χ2n) is 1.80. The molecule has 0 fully saturated rings. The molecule has 0 aliphatic heterocycles. The Hall–Kier alpha value is -0.370. The summed E-state index contributed by atoms with van der Waals surface area (Å²) in [5, 5.41) is 6.64. The lowest BCUT2D eigenvalue weighted by molar-refractivity contribution is 0.660. The Labute approximate surface area is 51.7 Å². The molecule has 0 saturated heterocycles. The van der Waals surface area contributed by atoms with Gasteiger partial charge in [-0.25, -0.2) is 4.39 Å². The van der Waals surface area contributed by atoms with Gasteiger partial charge in [-0.05, 0) is 12.5 Å². The number of alkyl halides is 1. The van der Waals surface area contributed by atoms with E-state index in [1.54, 1.807) is 6.92 Å². The first-order valence-corrected chi connectivity index (χ1v) is 2.58. The number of allylic oxidation sites excluding steroid dienone is 2. The summed E-state index contributed by atoms with van der Waals surface area (Å²) in [5.41, 5.74) is 0.467. The lowest BCUT2D eigenvalue weighted by atomic mass is 10.3. The lowest BCUT2D eigenvalue weighted by Gasteiger charge is -1.93. The molecule has 0 aromatic heterocycles. The fourth-order valence-corrected chi connectivity index (χ4v) is 0.707. The van der Waals surface area contributed by atoms with Gasteiger partial charge in [-0.1, -0.05) is 0 Å². The van der Waals surface area contributed by atoms with E-state index in [1.807, 2.05) is 0 Å². The van der Waals surface area contributed by atoms with Crippen LogP contribution in [0, 0.1) is 5.41 Å². The molecule has 8 heavy (non-hydrogen) atoms. The summed E-state index contributed by atoms with van der Waals surface area (Å²) >= 11 is 5.44. The molecular formula is C5H5ClFN. The average molecular weight is 134 g/mol. The number of hydrogen-bond acceptors (Lipinski definition) is 1. The van der Waals surface area contributed by atoms with Gasteiger partial charge in [0.2, 0.25) is 0 Å². The fourth-order valence-electron chi connectivity index (χ4n) is 0.529. The summed E-state index contributed by atoms with van der Waals surface area (Å²) in [4.78, 5) is -1.11. The van der Waals surface area contributed by atoms with Gasteiger partial charge in [0.1, 0.15) is 5.83 Å². The minimum absolute atomic E-state index is 0.367. The Balaban J connectivity index is 2.74. The maximum atomic E-state index is 12.2. The third-order valence-corrected chi connectivity index (χ3v) is 1.89. The average Bonchev–Trinajstić information content (AvgIpc) is 2.22. The van der Waals surface area contributed by atoms with Crippen LogP contribution in [-0.4, -0.2) is 11.1 Å².